The second-order valence-electron chi connectivity index (χ2n) is 6.35. The summed E-state index contributed by atoms with van der Waals surface area (Å²) in [6.07, 6.45) is -0.371. The summed E-state index contributed by atoms with van der Waals surface area (Å²) in [6.45, 7) is 6.44. The van der Waals surface area contributed by atoms with Crippen LogP contribution in [0.5, 0.6) is 0 Å². The summed E-state index contributed by atoms with van der Waals surface area (Å²) >= 11 is 0. The first-order chi connectivity index (χ1) is 10.2. The molecule has 0 radical (unpaired) electrons. The van der Waals surface area contributed by atoms with E-state index in [1.165, 1.54) is 0 Å². The maximum Gasteiger partial charge on any atom is 0.307 e. The van der Waals surface area contributed by atoms with Crippen molar-refractivity contribution in [3.8, 4) is 6.07 Å². The molecule has 0 aliphatic heterocycles. The van der Waals surface area contributed by atoms with Crippen molar-refractivity contribution in [3.63, 3.8) is 0 Å². The van der Waals surface area contributed by atoms with E-state index in [1.807, 2.05) is 38.8 Å². The fourth-order valence-corrected chi connectivity index (χ4v) is 1.95. The molecule has 0 saturated heterocycles. The fourth-order valence-electron chi connectivity index (χ4n) is 1.95. The molecular formula is C17H24N2O3. The van der Waals surface area contributed by atoms with Crippen LogP contribution in [0.25, 0.3) is 0 Å². The monoisotopic (exact) mass is 304 g/mol. The van der Waals surface area contributed by atoms with Crippen LogP contribution in [0.1, 0.15) is 44.4 Å². The molecule has 0 saturated carbocycles. The van der Waals surface area contributed by atoms with Gasteiger partial charge in [0.2, 0.25) is 0 Å². The third-order valence-corrected chi connectivity index (χ3v) is 3.03. The highest BCUT2D eigenvalue weighted by molar-refractivity contribution is 5.70. The van der Waals surface area contributed by atoms with E-state index in [-0.39, 0.29) is 12.4 Å². The Kier molecular flexibility index (Phi) is 6.54. The number of aliphatic hydroxyl groups is 1. The van der Waals surface area contributed by atoms with E-state index < -0.39 is 11.7 Å². The molecule has 0 aliphatic rings. The van der Waals surface area contributed by atoms with Gasteiger partial charge in [-0.1, -0.05) is 12.1 Å². The predicted molar refractivity (Wildman–Crippen MR) is 84.1 cm³/mol. The van der Waals surface area contributed by atoms with Crippen LogP contribution in [0.3, 0.4) is 0 Å². The highest BCUT2D eigenvalue weighted by atomic mass is 16.6. The van der Waals surface area contributed by atoms with Gasteiger partial charge in [-0.15, -0.1) is 0 Å². The first-order valence-electron chi connectivity index (χ1n) is 7.30. The Labute approximate surface area is 132 Å². The lowest BCUT2D eigenvalue weighted by atomic mass is 10.1. The average Bonchev–Trinajstić information content (AvgIpc) is 2.43. The minimum absolute atomic E-state index is 0.243. The molecule has 1 aromatic carbocycles. The number of nitrogens with zero attached hydrogens (tertiary/aromatic N) is 2. The molecule has 0 heterocycles. The fraction of sp³-hybridized carbons (Fsp3) is 0.529. The molecule has 1 unspecified atom stereocenters. The van der Waals surface area contributed by atoms with E-state index in [4.69, 9.17) is 10.00 Å². The van der Waals surface area contributed by atoms with Crippen LogP contribution in [0, 0.1) is 11.3 Å². The van der Waals surface area contributed by atoms with Crippen LogP contribution >= 0.6 is 0 Å². The summed E-state index contributed by atoms with van der Waals surface area (Å²) < 4.78 is 5.24. The van der Waals surface area contributed by atoms with E-state index in [9.17, 15) is 9.90 Å². The van der Waals surface area contributed by atoms with Gasteiger partial charge in [0.1, 0.15) is 5.60 Å². The Bertz CT molecular complexity index is 526. The zero-order valence-electron chi connectivity index (χ0n) is 13.7. The lowest BCUT2D eigenvalue weighted by Gasteiger charge is -2.23. The van der Waals surface area contributed by atoms with Crippen molar-refractivity contribution in [2.75, 3.05) is 20.1 Å². The zero-order chi connectivity index (χ0) is 16.8. The van der Waals surface area contributed by atoms with E-state index in [0.717, 1.165) is 5.56 Å². The van der Waals surface area contributed by atoms with Crippen molar-refractivity contribution in [1.29, 1.82) is 5.26 Å². The molecule has 0 bridgehead atoms. The Morgan fingerprint density at radius 3 is 2.45 bits per heavy atom. The largest absolute Gasteiger partial charge is 0.460 e. The number of ether oxygens (including phenoxy) is 1. The number of esters is 1. The second-order valence-corrected chi connectivity index (χ2v) is 6.35. The van der Waals surface area contributed by atoms with Gasteiger partial charge in [0.15, 0.2) is 0 Å². The van der Waals surface area contributed by atoms with Gasteiger partial charge in [-0.05, 0) is 45.5 Å². The van der Waals surface area contributed by atoms with Gasteiger partial charge in [0.25, 0.3) is 0 Å². The molecule has 0 fully saturated rings. The molecule has 22 heavy (non-hydrogen) atoms. The number of carbonyl (C=O) groups is 1. The quantitative estimate of drug-likeness (QED) is 0.816. The van der Waals surface area contributed by atoms with Crippen LogP contribution < -0.4 is 0 Å². The Hall–Kier alpha value is -1.90. The van der Waals surface area contributed by atoms with Gasteiger partial charge in [-0.2, -0.15) is 5.26 Å². The summed E-state index contributed by atoms with van der Waals surface area (Å²) in [4.78, 5) is 13.5. The van der Waals surface area contributed by atoms with Gasteiger partial charge < -0.3 is 14.7 Å². The van der Waals surface area contributed by atoms with Gasteiger partial charge in [0, 0.05) is 13.1 Å². The van der Waals surface area contributed by atoms with Crippen LogP contribution in [0.4, 0.5) is 0 Å². The molecule has 1 N–H and O–H groups in total. The third kappa shape index (κ3) is 6.70. The molecule has 5 nitrogen and oxygen atoms in total. The lowest BCUT2D eigenvalue weighted by Crippen LogP contribution is -2.30. The minimum Gasteiger partial charge on any atom is -0.460 e. The summed E-state index contributed by atoms with van der Waals surface area (Å²) in [5, 5.41) is 18.9. The molecule has 0 spiro atoms. The van der Waals surface area contributed by atoms with Crippen molar-refractivity contribution >= 4 is 5.97 Å². The Morgan fingerprint density at radius 1 is 1.36 bits per heavy atom. The van der Waals surface area contributed by atoms with Crippen molar-refractivity contribution in [1.82, 2.24) is 4.90 Å². The number of hydrogen-bond donors (Lipinski definition) is 1. The normalized spacial score (nSPS) is 12.8. The number of hydrogen-bond acceptors (Lipinski definition) is 5. The van der Waals surface area contributed by atoms with E-state index in [0.29, 0.717) is 18.7 Å². The predicted octanol–water partition coefficient (Wildman–Crippen LogP) is 2.26. The number of likely N-dealkylation sites (N-methyl/N-ethyl adjacent to an activating group) is 1. The van der Waals surface area contributed by atoms with Crippen molar-refractivity contribution in [3.05, 3.63) is 35.4 Å². The van der Waals surface area contributed by atoms with Crippen LogP contribution in [-0.4, -0.2) is 41.7 Å². The number of aliphatic hydroxyl groups excluding tert-OH is 1. The summed E-state index contributed by atoms with van der Waals surface area (Å²) in [5.74, 6) is -0.243. The van der Waals surface area contributed by atoms with Crippen molar-refractivity contribution in [2.45, 2.75) is 38.9 Å². The summed E-state index contributed by atoms with van der Waals surface area (Å²) in [5.41, 5.74) is 0.842. The molecule has 5 heteroatoms. The number of nitriles is 1. The molecule has 0 aliphatic carbocycles. The van der Waals surface area contributed by atoms with Crippen molar-refractivity contribution in [2.24, 2.45) is 0 Å². The summed E-state index contributed by atoms with van der Waals surface area (Å²) in [6, 6.07) is 8.88. The smallest absolute Gasteiger partial charge is 0.307 e. The SMILES string of the molecule is CN(CCC(=O)OC(C)(C)C)CC(O)c1ccc(C#N)cc1. The Balaban J connectivity index is 2.42. The molecule has 120 valence electrons. The molecule has 1 rings (SSSR count). The first kappa shape index (κ1) is 18.1. The minimum atomic E-state index is -0.656. The molecule has 0 aromatic heterocycles. The van der Waals surface area contributed by atoms with Crippen molar-refractivity contribution < 1.29 is 14.6 Å². The number of benzene rings is 1. The number of carbonyl (C=O) groups excluding carboxylic acids is 1. The van der Waals surface area contributed by atoms with Gasteiger partial charge >= 0.3 is 5.97 Å². The molecule has 1 aromatic rings. The first-order valence-corrected chi connectivity index (χ1v) is 7.30. The van der Waals surface area contributed by atoms with E-state index >= 15 is 0 Å². The maximum absolute atomic E-state index is 11.6. The third-order valence-electron chi connectivity index (χ3n) is 3.03. The topological polar surface area (TPSA) is 73.6 Å². The number of rotatable bonds is 6. The van der Waals surface area contributed by atoms with E-state index in [1.54, 1.807) is 24.3 Å². The van der Waals surface area contributed by atoms with Crippen LogP contribution in [0.15, 0.2) is 24.3 Å². The van der Waals surface area contributed by atoms with Gasteiger partial charge in [-0.3, -0.25) is 4.79 Å². The second kappa shape index (κ2) is 7.92. The highest BCUT2D eigenvalue weighted by Crippen LogP contribution is 2.15. The lowest BCUT2D eigenvalue weighted by molar-refractivity contribution is -0.155. The van der Waals surface area contributed by atoms with Crippen LogP contribution in [-0.2, 0) is 9.53 Å². The van der Waals surface area contributed by atoms with Gasteiger partial charge in [0.05, 0.1) is 24.2 Å². The van der Waals surface area contributed by atoms with E-state index in [2.05, 4.69) is 0 Å². The summed E-state index contributed by atoms with van der Waals surface area (Å²) in [7, 11) is 1.84. The molecule has 0 amide bonds. The maximum atomic E-state index is 11.6. The Morgan fingerprint density at radius 2 is 1.95 bits per heavy atom. The highest BCUT2D eigenvalue weighted by Gasteiger charge is 2.17. The van der Waals surface area contributed by atoms with Crippen LogP contribution in [0.2, 0.25) is 0 Å². The molecular weight excluding hydrogens is 280 g/mol. The molecule has 1 atom stereocenters. The van der Waals surface area contributed by atoms with Gasteiger partial charge in [-0.25, -0.2) is 0 Å². The average molecular weight is 304 g/mol. The zero-order valence-corrected chi connectivity index (χ0v) is 13.7. The standard InChI is InChI=1S/C17H24N2O3/c1-17(2,3)22-16(21)9-10-19(4)12-15(20)14-7-5-13(11-18)6-8-14/h5-8,15,20H,9-10,12H2,1-4H3.